The molecule has 138 valence electrons. The molecule has 0 radical (unpaired) electrons. The maximum Gasteiger partial charge on any atom is 0.189 e. The van der Waals surface area contributed by atoms with Crippen LogP contribution in [0.15, 0.2) is 75.5 Å². The molecule has 6 nitrogen and oxygen atoms in total. The highest BCUT2D eigenvalue weighted by atomic mass is 16.7. The fourth-order valence-electron chi connectivity index (χ4n) is 3.65. The quantitative estimate of drug-likeness (QED) is 0.815. The van der Waals surface area contributed by atoms with E-state index in [9.17, 15) is 0 Å². The van der Waals surface area contributed by atoms with Gasteiger partial charge in [-0.25, -0.2) is 0 Å². The van der Waals surface area contributed by atoms with Crippen LogP contribution >= 0.6 is 0 Å². The molecule has 3 aliphatic rings. The van der Waals surface area contributed by atoms with E-state index in [0.29, 0.717) is 13.2 Å². The van der Waals surface area contributed by atoms with Gasteiger partial charge in [0.05, 0.1) is 12.6 Å². The number of ether oxygens (including phenoxy) is 3. The molecule has 0 amide bonds. The van der Waals surface area contributed by atoms with Gasteiger partial charge in [-0.1, -0.05) is 30.3 Å². The average Bonchev–Trinajstić information content (AvgIpc) is 3.40. The molecule has 0 spiro atoms. The molecule has 2 aromatic rings. The minimum Gasteiger partial charge on any atom is -0.469 e. The highest BCUT2D eigenvalue weighted by Crippen LogP contribution is 2.36. The molecule has 0 saturated carbocycles. The van der Waals surface area contributed by atoms with E-state index in [4.69, 9.17) is 23.7 Å². The fraction of sp³-hybridized carbons (Fsp3) is 0.286. The summed E-state index contributed by atoms with van der Waals surface area (Å²) >= 11 is 0. The summed E-state index contributed by atoms with van der Waals surface area (Å²) < 4.78 is 22.4. The number of hydrogen-bond donors (Lipinski definition) is 0. The summed E-state index contributed by atoms with van der Waals surface area (Å²) in [4.78, 5) is 0. The first-order chi connectivity index (χ1) is 13.3. The molecule has 1 aromatic heterocycles. The molecule has 1 saturated heterocycles. The van der Waals surface area contributed by atoms with Crippen LogP contribution in [0.5, 0.6) is 0 Å². The fourth-order valence-corrected chi connectivity index (χ4v) is 3.65. The summed E-state index contributed by atoms with van der Waals surface area (Å²) in [5.41, 5.74) is 3.12. The molecule has 0 N–H and O–H groups in total. The van der Waals surface area contributed by atoms with Crippen molar-refractivity contribution in [1.29, 1.82) is 0 Å². The summed E-state index contributed by atoms with van der Waals surface area (Å²) in [5.74, 6) is 2.38. The van der Waals surface area contributed by atoms with Crippen LogP contribution in [-0.4, -0.2) is 36.8 Å². The number of benzene rings is 1. The Hall–Kier alpha value is -2.83. The Kier molecular flexibility index (Phi) is 4.07. The zero-order valence-electron chi connectivity index (χ0n) is 15.0. The standard InChI is InChI=1S/C21H20N2O4/c1-24-12-15-7-8-18(27-15)21-16-9-19-20(26-13-25-19)10-17(16)23(22-21)11-14-5-3-2-4-6-14/h2-10,17,19H,11-13H2,1H3. The maximum absolute atomic E-state index is 5.95. The van der Waals surface area contributed by atoms with Crippen molar-refractivity contribution in [3.63, 3.8) is 0 Å². The monoisotopic (exact) mass is 364 g/mol. The lowest BCUT2D eigenvalue weighted by atomic mass is 9.93. The van der Waals surface area contributed by atoms with E-state index >= 15 is 0 Å². The summed E-state index contributed by atoms with van der Waals surface area (Å²) in [5, 5.41) is 6.96. The number of nitrogens with zero attached hydrogens (tertiary/aromatic N) is 2. The normalized spacial score (nSPS) is 23.3. The Labute approximate surface area is 157 Å². The maximum atomic E-state index is 5.95. The summed E-state index contributed by atoms with van der Waals surface area (Å²) in [6, 6.07) is 14.2. The Morgan fingerprint density at radius 3 is 2.89 bits per heavy atom. The lowest BCUT2D eigenvalue weighted by Crippen LogP contribution is -2.30. The molecule has 1 aromatic carbocycles. The van der Waals surface area contributed by atoms with Crippen LogP contribution in [-0.2, 0) is 27.4 Å². The van der Waals surface area contributed by atoms with E-state index in [1.165, 1.54) is 5.56 Å². The van der Waals surface area contributed by atoms with Crippen molar-refractivity contribution >= 4 is 5.71 Å². The van der Waals surface area contributed by atoms with Gasteiger partial charge in [0.25, 0.3) is 0 Å². The molecule has 5 rings (SSSR count). The first kappa shape index (κ1) is 16.4. The van der Waals surface area contributed by atoms with Crippen LogP contribution in [0.1, 0.15) is 17.1 Å². The molecule has 2 atom stereocenters. The molecule has 1 aliphatic carbocycles. The van der Waals surface area contributed by atoms with Gasteiger partial charge >= 0.3 is 0 Å². The summed E-state index contributed by atoms with van der Waals surface area (Å²) in [6.07, 6.45) is 4.05. The van der Waals surface area contributed by atoms with E-state index < -0.39 is 0 Å². The molecule has 1 fully saturated rings. The van der Waals surface area contributed by atoms with Crippen LogP contribution in [0.25, 0.3) is 0 Å². The number of hydrazone groups is 1. The minimum atomic E-state index is -0.147. The molecule has 3 heterocycles. The van der Waals surface area contributed by atoms with E-state index in [1.54, 1.807) is 7.11 Å². The van der Waals surface area contributed by atoms with Crippen molar-refractivity contribution in [1.82, 2.24) is 5.01 Å². The average molecular weight is 364 g/mol. The van der Waals surface area contributed by atoms with Crippen LogP contribution in [0.2, 0.25) is 0 Å². The second kappa shape index (κ2) is 6.72. The predicted octanol–water partition coefficient (Wildman–Crippen LogP) is 3.21. The molecular formula is C21H20N2O4. The van der Waals surface area contributed by atoms with Crippen molar-refractivity contribution < 1.29 is 18.6 Å². The third-order valence-electron chi connectivity index (χ3n) is 4.92. The Balaban J connectivity index is 1.51. The Morgan fingerprint density at radius 1 is 1.15 bits per heavy atom. The topological polar surface area (TPSA) is 56.4 Å². The third-order valence-corrected chi connectivity index (χ3v) is 4.92. The van der Waals surface area contributed by atoms with E-state index in [0.717, 1.165) is 28.6 Å². The van der Waals surface area contributed by atoms with Crippen LogP contribution in [0.4, 0.5) is 0 Å². The molecule has 6 heteroatoms. The van der Waals surface area contributed by atoms with Gasteiger partial charge in [0, 0.05) is 12.7 Å². The molecule has 0 bridgehead atoms. The van der Waals surface area contributed by atoms with Crippen molar-refractivity contribution in [3.05, 3.63) is 83.0 Å². The second-order valence-corrected chi connectivity index (χ2v) is 6.72. The Morgan fingerprint density at radius 2 is 2.04 bits per heavy atom. The molecule has 27 heavy (non-hydrogen) atoms. The largest absolute Gasteiger partial charge is 0.469 e. The third kappa shape index (κ3) is 2.97. The smallest absolute Gasteiger partial charge is 0.189 e. The number of hydrogen-bond acceptors (Lipinski definition) is 6. The summed E-state index contributed by atoms with van der Waals surface area (Å²) in [6.45, 7) is 1.43. The van der Waals surface area contributed by atoms with Crippen molar-refractivity contribution in [2.24, 2.45) is 5.10 Å². The number of methoxy groups -OCH3 is 1. The van der Waals surface area contributed by atoms with Gasteiger partial charge < -0.3 is 18.6 Å². The van der Waals surface area contributed by atoms with Crippen LogP contribution in [0, 0.1) is 0 Å². The van der Waals surface area contributed by atoms with Gasteiger partial charge in [0.15, 0.2) is 12.6 Å². The zero-order chi connectivity index (χ0) is 18.2. The van der Waals surface area contributed by atoms with E-state index in [1.807, 2.05) is 30.3 Å². The number of furan rings is 1. The van der Waals surface area contributed by atoms with Crippen molar-refractivity contribution in [2.75, 3.05) is 13.9 Å². The molecule has 2 unspecified atom stereocenters. The first-order valence-corrected chi connectivity index (χ1v) is 8.97. The van der Waals surface area contributed by atoms with Gasteiger partial charge in [-0.3, -0.25) is 5.01 Å². The number of rotatable bonds is 5. The van der Waals surface area contributed by atoms with E-state index in [2.05, 4.69) is 29.3 Å². The van der Waals surface area contributed by atoms with Crippen LogP contribution < -0.4 is 0 Å². The van der Waals surface area contributed by atoms with Gasteiger partial charge in [-0.05, 0) is 29.8 Å². The lowest BCUT2D eigenvalue weighted by molar-refractivity contribution is 0.0630. The van der Waals surface area contributed by atoms with Gasteiger partial charge in [0.1, 0.15) is 29.9 Å². The molecular weight excluding hydrogens is 344 g/mol. The zero-order valence-corrected chi connectivity index (χ0v) is 15.0. The van der Waals surface area contributed by atoms with Gasteiger partial charge in [-0.15, -0.1) is 0 Å². The van der Waals surface area contributed by atoms with Crippen molar-refractivity contribution in [3.8, 4) is 0 Å². The van der Waals surface area contributed by atoms with Crippen molar-refractivity contribution in [2.45, 2.75) is 25.3 Å². The first-order valence-electron chi connectivity index (χ1n) is 8.97. The number of fused-ring (bicyclic) bond motifs is 2. The lowest BCUT2D eigenvalue weighted by Gasteiger charge is -2.25. The predicted molar refractivity (Wildman–Crippen MR) is 98.7 cm³/mol. The SMILES string of the molecule is COCc1ccc(C2=NN(Cc3ccccc3)C3C=C4OCOC4C=C23)o1. The highest BCUT2D eigenvalue weighted by molar-refractivity contribution is 6.13. The molecule has 2 aliphatic heterocycles. The van der Waals surface area contributed by atoms with Gasteiger partial charge in [0.2, 0.25) is 0 Å². The van der Waals surface area contributed by atoms with E-state index in [-0.39, 0.29) is 18.9 Å². The van der Waals surface area contributed by atoms with Gasteiger partial charge in [-0.2, -0.15) is 5.10 Å². The highest BCUT2D eigenvalue weighted by Gasteiger charge is 2.39. The van der Waals surface area contributed by atoms with Crippen LogP contribution in [0.3, 0.4) is 0 Å². The Bertz CT molecular complexity index is 929. The second-order valence-electron chi connectivity index (χ2n) is 6.72. The minimum absolute atomic E-state index is 0.00383. The summed E-state index contributed by atoms with van der Waals surface area (Å²) in [7, 11) is 1.65.